The van der Waals surface area contributed by atoms with Crippen molar-refractivity contribution in [3.05, 3.63) is 35.5 Å². The monoisotopic (exact) mass is 270 g/mol. The molecular weight excluding hydrogens is 248 g/mol. The molecule has 2 aliphatic rings. The molecule has 2 heterocycles. The largest absolute Gasteiger partial charge is 0.387 e. The van der Waals surface area contributed by atoms with E-state index in [4.69, 9.17) is 0 Å². The van der Waals surface area contributed by atoms with Crippen molar-refractivity contribution in [2.24, 2.45) is 11.8 Å². The second-order valence-electron chi connectivity index (χ2n) is 6.39. The van der Waals surface area contributed by atoms with Crippen molar-refractivity contribution >= 4 is 10.9 Å². The third-order valence-corrected chi connectivity index (χ3v) is 5.49. The van der Waals surface area contributed by atoms with Crippen LogP contribution >= 0.6 is 0 Å². The average molecular weight is 270 g/mol. The summed E-state index contributed by atoms with van der Waals surface area (Å²) in [5, 5.41) is 12.1. The van der Waals surface area contributed by atoms with Crippen LogP contribution in [0.1, 0.15) is 43.2 Å². The lowest BCUT2D eigenvalue weighted by molar-refractivity contribution is -0.0322. The van der Waals surface area contributed by atoms with Gasteiger partial charge in [0.1, 0.15) is 0 Å². The van der Waals surface area contributed by atoms with Crippen LogP contribution in [0.3, 0.4) is 0 Å². The highest BCUT2D eigenvalue weighted by molar-refractivity contribution is 5.85. The van der Waals surface area contributed by atoms with Gasteiger partial charge in [-0.25, -0.2) is 0 Å². The first-order chi connectivity index (χ1) is 9.72. The topological polar surface area (TPSA) is 39.3 Å². The van der Waals surface area contributed by atoms with E-state index in [0.29, 0.717) is 17.9 Å². The number of aromatic amines is 1. The van der Waals surface area contributed by atoms with Gasteiger partial charge in [-0.05, 0) is 37.9 Å². The minimum absolute atomic E-state index is 0.327. The van der Waals surface area contributed by atoms with Crippen LogP contribution in [0.5, 0.6) is 0 Å². The van der Waals surface area contributed by atoms with Crippen LogP contribution in [0.15, 0.2) is 24.3 Å². The van der Waals surface area contributed by atoms with Crippen molar-refractivity contribution in [1.82, 2.24) is 9.88 Å². The number of hydrogen-bond donors (Lipinski definition) is 2. The number of aromatic nitrogens is 1. The molecule has 0 radical (unpaired) electrons. The van der Waals surface area contributed by atoms with Gasteiger partial charge in [0.05, 0.1) is 11.8 Å². The maximum absolute atomic E-state index is 10.8. The molecule has 3 nitrogen and oxygen atoms in total. The Morgan fingerprint density at radius 3 is 2.95 bits per heavy atom. The van der Waals surface area contributed by atoms with Gasteiger partial charge >= 0.3 is 0 Å². The number of para-hydroxylation sites is 1. The molecular formula is C17H22N2O. The quantitative estimate of drug-likeness (QED) is 0.835. The number of likely N-dealkylation sites (tertiary alicyclic amines) is 1. The Hall–Kier alpha value is -1.32. The van der Waals surface area contributed by atoms with Gasteiger partial charge in [-0.1, -0.05) is 31.5 Å². The molecule has 1 aliphatic carbocycles. The Kier molecular flexibility index (Phi) is 2.69. The number of nitrogens with zero attached hydrogens (tertiary/aromatic N) is 1. The molecule has 2 bridgehead atoms. The van der Waals surface area contributed by atoms with Gasteiger partial charge in [0.2, 0.25) is 0 Å². The van der Waals surface area contributed by atoms with Gasteiger partial charge in [0.15, 0.2) is 0 Å². The molecule has 4 atom stereocenters. The fourth-order valence-corrected chi connectivity index (χ4v) is 4.57. The summed E-state index contributed by atoms with van der Waals surface area (Å²) in [5.74, 6) is 0.970. The van der Waals surface area contributed by atoms with Gasteiger partial charge in [-0.15, -0.1) is 0 Å². The fourth-order valence-electron chi connectivity index (χ4n) is 4.57. The summed E-state index contributed by atoms with van der Waals surface area (Å²) in [6.45, 7) is 3.35. The molecule has 106 valence electrons. The summed E-state index contributed by atoms with van der Waals surface area (Å²) >= 11 is 0. The molecule has 4 rings (SSSR count). The Morgan fingerprint density at radius 1 is 1.35 bits per heavy atom. The highest BCUT2D eigenvalue weighted by atomic mass is 16.3. The Labute approximate surface area is 119 Å². The molecule has 1 aliphatic heterocycles. The SMILES string of the molecule is CC[C@@H]1[C@H]2CCN(C)[C@@H]1c1c([nH]c3ccccc13)[C@H]2O. The molecule has 0 amide bonds. The molecule has 1 aromatic carbocycles. The van der Waals surface area contributed by atoms with Gasteiger partial charge in [0, 0.05) is 22.5 Å². The zero-order chi connectivity index (χ0) is 13.9. The van der Waals surface area contributed by atoms with E-state index in [0.717, 1.165) is 30.6 Å². The van der Waals surface area contributed by atoms with Gasteiger partial charge in [0.25, 0.3) is 0 Å². The molecule has 2 N–H and O–H groups in total. The summed E-state index contributed by atoms with van der Waals surface area (Å²) in [7, 11) is 2.23. The summed E-state index contributed by atoms with van der Waals surface area (Å²) in [6, 6.07) is 8.91. The van der Waals surface area contributed by atoms with Gasteiger partial charge in [-0.3, -0.25) is 4.90 Å². The normalized spacial score (nSPS) is 33.4. The first-order valence-electron chi connectivity index (χ1n) is 7.71. The summed E-state index contributed by atoms with van der Waals surface area (Å²) in [6.07, 6.45) is 1.91. The van der Waals surface area contributed by atoms with Crippen molar-refractivity contribution in [2.75, 3.05) is 13.6 Å². The molecule has 20 heavy (non-hydrogen) atoms. The molecule has 0 spiro atoms. The van der Waals surface area contributed by atoms with E-state index in [2.05, 4.69) is 48.1 Å². The first-order valence-corrected chi connectivity index (χ1v) is 7.71. The van der Waals surface area contributed by atoms with E-state index in [9.17, 15) is 5.11 Å². The van der Waals surface area contributed by atoms with Crippen molar-refractivity contribution in [3.63, 3.8) is 0 Å². The lowest BCUT2D eigenvalue weighted by Gasteiger charge is -2.49. The number of aliphatic hydroxyl groups excluding tert-OH is 1. The zero-order valence-corrected chi connectivity index (χ0v) is 12.1. The Morgan fingerprint density at radius 2 is 2.15 bits per heavy atom. The number of fused-ring (bicyclic) bond motifs is 6. The van der Waals surface area contributed by atoms with E-state index in [1.807, 2.05) is 0 Å². The molecule has 0 unspecified atom stereocenters. The molecule has 1 fully saturated rings. The summed E-state index contributed by atoms with van der Waals surface area (Å²) < 4.78 is 0. The van der Waals surface area contributed by atoms with E-state index in [-0.39, 0.29) is 6.10 Å². The molecule has 0 saturated carbocycles. The maximum Gasteiger partial charge on any atom is 0.0973 e. The van der Waals surface area contributed by atoms with Crippen LogP contribution < -0.4 is 0 Å². The van der Waals surface area contributed by atoms with Crippen molar-refractivity contribution in [1.29, 1.82) is 0 Å². The van der Waals surface area contributed by atoms with Crippen LogP contribution in [0.25, 0.3) is 10.9 Å². The third-order valence-electron chi connectivity index (χ3n) is 5.49. The standard InChI is InChI=1S/C17H22N2O/c1-3-10-11-8-9-19(2)16(10)14-12-6-4-5-7-13(12)18-15(14)17(11)20/h4-7,10-11,16-18,20H,3,8-9H2,1-2H3/t10-,11-,16+,17+/m1/s1. The number of nitrogens with one attached hydrogen (secondary N) is 1. The number of H-pyrrole nitrogens is 1. The smallest absolute Gasteiger partial charge is 0.0973 e. The minimum atomic E-state index is -0.327. The van der Waals surface area contributed by atoms with Crippen LogP contribution in [0.4, 0.5) is 0 Å². The van der Waals surface area contributed by atoms with Gasteiger partial charge in [-0.2, -0.15) is 0 Å². The predicted octanol–water partition coefficient (Wildman–Crippen LogP) is 3.23. The first kappa shape index (κ1) is 12.4. The van der Waals surface area contributed by atoms with Crippen molar-refractivity contribution in [3.8, 4) is 0 Å². The Bertz CT molecular complexity index is 647. The Balaban J connectivity index is 2.00. The number of rotatable bonds is 1. The summed E-state index contributed by atoms with van der Waals surface area (Å²) in [4.78, 5) is 5.96. The average Bonchev–Trinajstić information content (AvgIpc) is 2.85. The second kappa shape index (κ2) is 4.34. The fraction of sp³-hybridized carbons (Fsp3) is 0.529. The van der Waals surface area contributed by atoms with Crippen molar-refractivity contribution < 1.29 is 5.11 Å². The predicted molar refractivity (Wildman–Crippen MR) is 80.5 cm³/mol. The zero-order valence-electron chi connectivity index (χ0n) is 12.1. The van der Waals surface area contributed by atoms with Crippen molar-refractivity contribution in [2.45, 2.75) is 31.9 Å². The van der Waals surface area contributed by atoms with E-state index >= 15 is 0 Å². The van der Waals surface area contributed by atoms with E-state index in [1.54, 1.807) is 0 Å². The molecule has 1 aromatic heterocycles. The lowest BCUT2D eigenvalue weighted by atomic mass is 9.67. The number of piperidine rings is 1. The highest BCUT2D eigenvalue weighted by Crippen LogP contribution is 2.53. The van der Waals surface area contributed by atoms with Gasteiger partial charge < -0.3 is 10.1 Å². The highest BCUT2D eigenvalue weighted by Gasteiger charge is 2.47. The number of aliphatic hydroxyl groups is 1. The van der Waals surface area contributed by atoms with Crippen LogP contribution in [-0.2, 0) is 0 Å². The maximum atomic E-state index is 10.8. The van der Waals surface area contributed by atoms with E-state index in [1.165, 1.54) is 10.9 Å². The lowest BCUT2D eigenvalue weighted by Crippen LogP contribution is -2.46. The summed E-state index contributed by atoms with van der Waals surface area (Å²) in [5.41, 5.74) is 3.57. The third kappa shape index (κ3) is 1.48. The number of hydrogen-bond acceptors (Lipinski definition) is 2. The molecule has 3 heteroatoms. The molecule has 2 aromatic rings. The number of benzene rings is 1. The minimum Gasteiger partial charge on any atom is -0.387 e. The van der Waals surface area contributed by atoms with Crippen LogP contribution in [-0.4, -0.2) is 28.6 Å². The van der Waals surface area contributed by atoms with Crippen LogP contribution in [0.2, 0.25) is 0 Å². The van der Waals surface area contributed by atoms with Crippen LogP contribution in [0, 0.1) is 11.8 Å². The molecule has 1 saturated heterocycles. The van der Waals surface area contributed by atoms with E-state index < -0.39 is 0 Å². The second-order valence-corrected chi connectivity index (χ2v) is 6.39.